The van der Waals surface area contributed by atoms with Crippen molar-refractivity contribution in [3.05, 3.63) is 65.8 Å². The number of carbonyl (C=O) groups is 1. The average Bonchev–Trinajstić information content (AvgIpc) is 3.28. The maximum absolute atomic E-state index is 12.2. The molecule has 0 saturated carbocycles. The second-order valence-electron chi connectivity index (χ2n) is 5.67. The Morgan fingerprint density at radius 3 is 2.88 bits per heavy atom. The number of amides is 1. The quantitative estimate of drug-likeness (QED) is 0.520. The molecule has 0 fully saturated rings. The van der Waals surface area contributed by atoms with Crippen LogP contribution in [-0.4, -0.2) is 32.9 Å². The van der Waals surface area contributed by atoms with Gasteiger partial charge in [-0.1, -0.05) is 54.2 Å². The van der Waals surface area contributed by atoms with Crippen molar-refractivity contribution >= 4 is 17.7 Å². The van der Waals surface area contributed by atoms with Gasteiger partial charge in [0.05, 0.1) is 5.69 Å². The molecule has 1 aromatic carbocycles. The number of benzene rings is 1. The lowest BCUT2D eigenvalue weighted by Crippen LogP contribution is -2.25. The van der Waals surface area contributed by atoms with Gasteiger partial charge in [-0.05, 0) is 5.56 Å². The van der Waals surface area contributed by atoms with E-state index in [4.69, 9.17) is 4.52 Å². The number of hydrogen-bond acceptors (Lipinski definition) is 5. The molecule has 0 aliphatic rings. The molecular weight excluding hydrogens is 336 g/mol. The van der Waals surface area contributed by atoms with E-state index in [0.717, 1.165) is 22.2 Å². The molecule has 0 unspecified atom stereocenters. The number of thioether (sulfide) groups is 1. The zero-order valence-electron chi connectivity index (χ0n) is 14.2. The predicted octanol–water partition coefficient (Wildman–Crippen LogP) is 3.08. The summed E-state index contributed by atoms with van der Waals surface area (Å²) in [6.07, 6.45) is 3.65. The van der Waals surface area contributed by atoms with E-state index in [-0.39, 0.29) is 17.6 Å². The summed E-state index contributed by atoms with van der Waals surface area (Å²) < 4.78 is 7.15. The summed E-state index contributed by atoms with van der Waals surface area (Å²) >= 11 is 1.59. The number of nitrogens with one attached hydrogen (secondary N) is 1. The molecule has 25 heavy (non-hydrogen) atoms. The third-order valence-corrected chi connectivity index (χ3v) is 4.95. The van der Waals surface area contributed by atoms with E-state index in [1.807, 2.05) is 55.1 Å². The fraction of sp³-hybridized carbons (Fsp3) is 0.278. The Morgan fingerprint density at radius 2 is 2.16 bits per heavy atom. The largest absolute Gasteiger partial charge is 0.351 e. The third-order valence-electron chi connectivity index (χ3n) is 3.89. The van der Waals surface area contributed by atoms with E-state index in [1.165, 1.54) is 0 Å². The van der Waals surface area contributed by atoms with Crippen molar-refractivity contribution in [1.29, 1.82) is 0 Å². The second kappa shape index (κ2) is 8.02. The van der Waals surface area contributed by atoms with Gasteiger partial charge in [-0.15, -0.1) is 0 Å². The lowest BCUT2D eigenvalue weighted by atomic mass is 9.98. The Hall–Kier alpha value is -2.54. The van der Waals surface area contributed by atoms with E-state index < -0.39 is 0 Å². The van der Waals surface area contributed by atoms with Crippen molar-refractivity contribution in [3.8, 4) is 0 Å². The highest BCUT2D eigenvalue weighted by atomic mass is 32.2. The first-order valence-corrected chi connectivity index (χ1v) is 9.03. The van der Waals surface area contributed by atoms with Crippen LogP contribution in [0.5, 0.6) is 0 Å². The second-order valence-corrected chi connectivity index (χ2v) is 6.74. The Bertz CT molecular complexity index is 828. The van der Waals surface area contributed by atoms with E-state index in [9.17, 15) is 4.79 Å². The SMILES string of the molecule is C[C@@H](c1ccccc1)c1cc(C(=O)NCCSc2nccn2C)on1. The molecule has 2 heterocycles. The summed E-state index contributed by atoms with van der Waals surface area (Å²) in [6, 6.07) is 11.7. The van der Waals surface area contributed by atoms with Gasteiger partial charge in [-0.3, -0.25) is 4.79 Å². The minimum Gasteiger partial charge on any atom is -0.351 e. The highest BCUT2D eigenvalue weighted by molar-refractivity contribution is 7.99. The number of carbonyl (C=O) groups excluding carboxylic acids is 1. The van der Waals surface area contributed by atoms with E-state index >= 15 is 0 Å². The Morgan fingerprint density at radius 1 is 1.36 bits per heavy atom. The summed E-state index contributed by atoms with van der Waals surface area (Å²) in [6.45, 7) is 2.57. The van der Waals surface area contributed by atoms with E-state index in [1.54, 1.807) is 24.0 Å². The minimum absolute atomic E-state index is 0.0745. The summed E-state index contributed by atoms with van der Waals surface area (Å²) in [4.78, 5) is 16.4. The van der Waals surface area contributed by atoms with Crippen LogP contribution in [0.4, 0.5) is 0 Å². The van der Waals surface area contributed by atoms with Crippen LogP contribution in [0.15, 0.2) is 58.5 Å². The highest BCUT2D eigenvalue weighted by Crippen LogP contribution is 2.23. The molecular formula is C18H20N4O2S. The smallest absolute Gasteiger partial charge is 0.289 e. The van der Waals surface area contributed by atoms with Crippen LogP contribution in [0.1, 0.15) is 34.7 Å². The fourth-order valence-electron chi connectivity index (χ4n) is 2.40. The van der Waals surface area contributed by atoms with Crippen LogP contribution >= 0.6 is 11.8 Å². The summed E-state index contributed by atoms with van der Waals surface area (Å²) in [5.74, 6) is 0.794. The first-order valence-electron chi connectivity index (χ1n) is 8.05. The molecule has 1 amide bonds. The van der Waals surface area contributed by atoms with Crippen molar-refractivity contribution < 1.29 is 9.32 Å². The van der Waals surface area contributed by atoms with Crippen molar-refractivity contribution in [2.24, 2.45) is 7.05 Å². The van der Waals surface area contributed by atoms with Gasteiger partial charge in [0.25, 0.3) is 5.91 Å². The molecule has 0 spiro atoms. The molecule has 2 aromatic heterocycles. The summed E-state index contributed by atoms with van der Waals surface area (Å²) in [5.41, 5.74) is 1.88. The first-order chi connectivity index (χ1) is 12.1. The standard InChI is InChI=1S/C18H20N4O2S/c1-13(14-6-4-3-5-7-14)15-12-16(24-21-15)17(23)19-9-11-25-18-20-8-10-22(18)2/h3-8,10,12-13H,9,11H2,1-2H3,(H,19,23)/t13-/m0/s1. The Kier molecular flexibility index (Phi) is 5.55. The van der Waals surface area contributed by atoms with Gasteiger partial charge in [-0.25, -0.2) is 4.98 Å². The zero-order valence-corrected chi connectivity index (χ0v) is 15.0. The fourth-order valence-corrected chi connectivity index (χ4v) is 3.18. The van der Waals surface area contributed by atoms with Crippen LogP contribution in [0.25, 0.3) is 0 Å². The molecule has 6 nitrogen and oxygen atoms in total. The van der Waals surface area contributed by atoms with Gasteiger partial charge in [0.1, 0.15) is 0 Å². The number of aromatic nitrogens is 3. The number of hydrogen-bond donors (Lipinski definition) is 1. The first kappa shape index (κ1) is 17.3. The maximum atomic E-state index is 12.2. The molecule has 0 saturated heterocycles. The van der Waals surface area contributed by atoms with Crippen LogP contribution < -0.4 is 5.32 Å². The summed E-state index contributed by atoms with van der Waals surface area (Å²) in [7, 11) is 1.94. The van der Waals surface area contributed by atoms with Gasteiger partial charge in [0.2, 0.25) is 5.76 Å². The van der Waals surface area contributed by atoms with Gasteiger partial charge < -0.3 is 14.4 Å². The molecule has 7 heteroatoms. The van der Waals surface area contributed by atoms with Gasteiger partial charge in [0.15, 0.2) is 5.16 Å². The molecule has 0 aliphatic carbocycles. The van der Waals surface area contributed by atoms with Crippen LogP contribution in [-0.2, 0) is 7.05 Å². The van der Waals surface area contributed by atoms with E-state index in [0.29, 0.717) is 6.54 Å². The van der Waals surface area contributed by atoms with Gasteiger partial charge in [-0.2, -0.15) is 0 Å². The van der Waals surface area contributed by atoms with Gasteiger partial charge >= 0.3 is 0 Å². The molecule has 1 atom stereocenters. The lowest BCUT2D eigenvalue weighted by molar-refractivity contribution is 0.0919. The van der Waals surface area contributed by atoms with Crippen molar-refractivity contribution in [2.75, 3.05) is 12.3 Å². The van der Waals surface area contributed by atoms with Crippen LogP contribution in [0.3, 0.4) is 0 Å². The lowest BCUT2D eigenvalue weighted by Gasteiger charge is -2.06. The minimum atomic E-state index is -0.251. The number of nitrogens with zero attached hydrogens (tertiary/aromatic N) is 3. The molecule has 0 aliphatic heterocycles. The third kappa shape index (κ3) is 4.30. The number of imidazole rings is 1. The zero-order chi connectivity index (χ0) is 17.6. The Labute approximate surface area is 150 Å². The molecule has 0 radical (unpaired) electrons. The molecule has 3 aromatic rings. The van der Waals surface area contributed by atoms with Gasteiger partial charge in [0, 0.05) is 43.7 Å². The van der Waals surface area contributed by atoms with E-state index in [2.05, 4.69) is 15.5 Å². The molecule has 130 valence electrons. The summed E-state index contributed by atoms with van der Waals surface area (Å²) in [5, 5.41) is 7.81. The van der Waals surface area contributed by atoms with Crippen LogP contribution in [0, 0.1) is 0 Å². The molecule has 0 bridgehead atoms. The monoisotopic (exact) mass is 356 g/mol. The topological polar surface area (TPSA) is 73.0 Å². The molecule has 3 rings (SSSR count). The van der Waals surface area contributed by atoms with Crippen molar-refractivity contribution in [3.63, 3.8) is 0 Å². The molecule has 1 N–H and O–H groups in total. The highest BCUT2D eigenvalue weighted by Gasteiger charge is 2.17. The van der Waals surface area contributed by atoms with Crippen molar-refractivity contribution in [1.82, 2.24) is 20.0 Å². The predicted molar refractivity (Wildman–Crippen MR) is 96.7 cm³/mol. The maximum Gasteiger partial charge on any atom is 0.289 e. The number of aryl methyl sites for hydroxylation is 1. The van der Waals surface area contributed by atoms with Crippen LogP contribution in [0.2, 0.25) is 0 Å². The van der Waals surface area contributed by atoms with Crippen molar-refractivity contribution in [2.45, 2.75) is 18.0 Å². The Balaban J connectivity index is 1.51. The normalized spacial score (nSPS) is 12.1. The number of rotatable bonds is 7. The average molecular weight is 356 g/mol.